The highest BCUT2D eigenvalue weighted by Gasteiger charge is 2.30. The van der Waals surface area contributed by atoms with E-state index in [1.165, 1.54) is 6.07 Å². The molecule has 1 amide bonds. The Balaban J connectivity index is 2.18. The molecule has 0 bridgehead atoms. The summed E-state index contributed by atoms with van der Waals surface area (Å²) in [6.45, 7) is 1.97. The molecule has 0 unspecified atom stereocenters. The Morgan fingerprint density at radius 1 is 1.19 bits per heavy atom. The molecule has 1 N–H and O–H groups in total. The Labute approximate surface area is 121 Å². The molecule has 0 fully saturated rings. The summed E-state index contributed by atoms with van der Waals surface area (Å²) in [6.07, 6.45) is 0.224. The molecule has 1 atom stereocenters. The molecule has 1 heterocycles. The summed E-state index contributed by atoms with van der Waals surface area (Å²) in [5, 5.41) is 14.1. The highest BCUT2D eigenvalue weighted by atomic mass is 16.6. The zero-order valence-electron chi connectivity index (χ0n) is 11.5. The van der Waals surface area contributed by atoms with Crippen molar-refractivity contribution in [3.05, 3.63) is 69.3 Å². The maximum Gasteiger partial charge on any atom is 0.273 e. The number of aryl methyl sites for hydroxylation is 1. The smallest absolute Gasteiger partial charge is 0.273 e. The van der Waals surface area contributed by atoms with Crippen LogP contribution in [0, 0.1) is 17.0 Å². The number of carbonyl (C=O) groups excluding carboxylic acids is 1. The van der Waals surface area contributed by atoms with E-state index in [1.807, 2.05) is 25.1 Å². The van der Waals surface area contributed by atoms with Gasteiger partial charge in [0.05, 0.1) is 4.92 Å². The fourth-order valence-corrected chi connectivity index (χ4v) is 2.81. The van der Waals surface area contributed by atoms with E-state index in [9.17, 15) is 14.9 Å². The van der Waals surface area contributed by atoms with E-state index in [0.717, 1.165) is 16.8 Å². The van der Waals surface area contributed by atoms with E-state index in [4.69, 9.17) is 0 Å². The van der Waals surface area contributed by atoms with Crippen LogP contribution in [0.2, 0.25) is 0 Å². The number of fused-ring (bicyclic) bond motifs is 1. The van der Waals surface area contributed by atoms with Crippen molar-refractivity contribution >= 4 is 17.3 Å². The van der Waals surface area contributed by atoms with Crippen LogP contribution in [0.4, 0.5) is 11.4 Å². The van der Waals surface area contributed by atoms with Crippen LogP contribution in [0.3, 0.4) is 0 Å². The van der Waals surface area contributed by atoms with Crippen molar-refractivity contribution in [3.63, 3.8) is 0 Å². The molecule has 1 aliphatic rings. The summed E-state index contributed by atoms with van der Waals surface area (Å²) in [7, 11) is 0. The Hall–Kier alpha value is -2.69. The number of anilines is 1. The van der Waals surface area contributed by atoms with Gasteiger partial charge in [-0.2, -0.15) is 0 Å². The molecule has 0 saturated carbocycles. The van der Waals surface area contributed by atoms with Gasteiger partial charge in [-0.25, -0.2) is 0 Å². The highest BCUT2D eigenvalue weighted by Crippen LogP contribution is 2.40. The number of nitrogens with zero attached hydrogens (tertiary/aromatic N) is 1. The number of nitrogens with one attached hydrogen (secondary N) is 1. The van der Waals surface area contributed by atoms with Crippen molar-refractivity contribution in [2.45, 2.75) is 19.3 Å². The van der Waals surface area contributed by atoms with Crippen molar-refractivity contribution in [1.29, 1.82) is 0 Å². The van der Waals surface area contributed by atoms with Gasteiger partial charge < -0.3 is 5.32 Å². The molecule has 0 radical (unpaired) electrons. The average molecular weight is 282 g/mol. The minimum absolute atomic E-state index is 0.0599. The second-order valence-corrected chi connectivity index (χ2v) is 5.21. The van der Waals surface area contributed by atoms with E-state index < -0.39 is 4.92 Å². The third-order valence-corrected chi connectivity index (χ3v) is 3.75. The summed E-state index contributed by atoms with van der Waals surface area (Å²) >= 11 is 0. The largest absolute Gasteiger partial charge is 0.326 e. The van der Waals surface area contributed by atoms with E-state index in [2.05, 4.69) is 5.32 Å². The molecule has 0 aliphatic carbocycles. The predicted molar refractivity (Wildman–Crippen MR) is 79.4 cm³/mol. The van der Waals surface area contributed by atoms with Crippen molar-refractivity contribution in [2.75, 3.05) is 5.32 Å². The maximum absolute atomic E-state index is 11.9. The Morgan fingerprint density at radius 2 is 1.95 bits per heavy atom. The zero-order valence-corrected chi connectivity index (χ0v) is 11.5. The van der Waals surface area contributed by atoms with Gasteiger partial charge in [0.15, 0.2) is 0 Å². The lowest BCUT2D eigenvalue weighted by Crippen LogP contribution is -2.24. The van der Waals surface area contributed by atoms with Gasteiger partial charge in [0, 0.05) is 29.7 Å². The predicted octanol–water partition coefficient (Wildman–Crippen LogP) is 3.38. The lowest BCUT2D eigenvalue weighted by molar-refractivity contribution is -0.385. The molecule has 0 aromatic heterocycles. The Morgan fingerprint density at radius 3 is 2.71 bits per heavy atom. The molecule has 21 heavy (non-hydrogen) atoms. The number of para-hydroxylation sites is 1. The topological polar surface area (TPSA) is 72.2 Å². The number of nitro groups is 1. The normalized spacial score (nSPS) is 17.0. The van der Waals surface area contributed by atoms with E-state index >= 15 is 0 Å². The van der Waals surface area contributed by atoms with Crippen molar-refractivity contribution < 1.29 is 9.72 Å². The minimum atomic E-state index is -0.392. The standard InChI is InChI=1S/C16H14N2O3/c1-10-6-7-14-13(8-10)12(9-16(19)17-14)11-4-2-3-5-15(11)18(20)21/h2-8,12H,9H2,1H3,(H,17,19)/t12-/m1/s1. The van der Waals surface area contributed by atoms with Crippen LogP contribution in [0.1, 0.15) is 29.0 Å². The van der Waals surface area contributed by atoms with E-state index in [0.29, 0.717) is 5.56 Å². The fraction of sp³-hybridized carbons (Fsp3) is 0.188. The number of benzene rings is 2. The van der Waals surface area contributed by atoms with Crippen LogP contribution in [-0.4, -0.2) is 10.8 Å². The van der Waals surface area contributed by atoms with E-state index in [-0.39, 0.29) is 23.9 Å². The summed E-state index contributed by atoms with van der Waals surface area (Å²) in [5.41, 5.74) is 3.38. The second-order valence-electron chi connectivity index (χ2n) is 5.21. The number of rotatable bonds is 2. The molecule has 5 nitrogen and oxygen atoms in total. The summed E-state index contributed by atoms with van der Waals surface area (Å²) < 4.78 is 0. The Bertz CT molecular complexity index is 740. The number of amides is 1. The molecule has 2 aromatic carbocycles. The lowest BCUT2D eigenvalue weighted by atomic mass is 9.83. The Kier molecular flexibility index (Phi) is 3.17. The van der Waals surface area contributed by atoms with Crippen molar-refractivity contribution in [1.82, 2.24) is 0 Å². The van der Waals surface area contributed by atoms with Crippen LogP contribution in [-0.2, 0) is 4.79 Å². The van der Waals surface area contributed by atoms with Gasteiger partial charge in [-0.05, 0) is 18.6 Å². The molecule has 3 rings (SSSR count). The summed E-state index contributed by atoms with van der Waals surface area (Å²) in [4.78, 5) is 22.7. The van der Waals surface area contributed by atoms with Crippen LogP contribution in [0.15, 0.2) is 42.5 Å². The lowest BCUT2D eigenvalue weighted by Gasteiger charge is -2.26. The third-order valence-electron chi connectivity index (χ3n) is 3.75. The molecule has 0 spiro atoms. The van der Waals surface area contributed by atoms with Gasteiger partial charge >= 0.3 is 0 Å². The number of hydrogen-bond donors (Lipinski definition) is 1. The van der Waals surface area contributed by atoms with Crippen LogP contribution >= 0.6 is 0 Å². The highest BCUT2D eigenvalue weighted by molar-refractivity contribution is 5.95. The van der Waals surface area contributed by atoms with Gasteiger partial charge in [-0.1, -0.05) is 35.9 Å². The summed E-state index contributed by atoms with van der Waals surface area (Å²) in [5.74, 6) is -0.398. The first kappa shape index (κ1) is 13.3. The SMILES string of the molecule is Cc1ccc2c(c1)[C@@H](c1ccccc1[N+](=O)[O-])CC(=O)N2. The van der Waals surface area contributed by atoms with Gasteiger partial charge in [0.2, 0.25) is 5.91 Å². The number of carbonyl (C=O) groups is 1. The van der Waals surface area contributed by atoms with Crippen LogP contribution in [0.25, 0.3) is 0 Å². The molecule has 1 aliphatic heterocycles. The zero-order chi connectivity index (χ0) is 15.0. The van der Waals surface area contributed by atoms with Crippen molar-refractivity contribution in [2.24, 2.45) is 0 Å². The molecule has 2 aromatic rings. The molecule has 0 saturated heterocycles. The number of nitro benzene ring substituents is 1. The van der Waals surface area contributed by atoms with Gasteiger partial charge in [-0.15, -0.1) is 0 Å². The molecule has 106 valence electrons. The first-order chi connectivity index (χ1) is 10.1. The maximum atomic E-state index is 11.9. The minimum Gasteiger partial charge on any atom is -0.326 e. The molecular weight excluding hydrogens is 268 g/mol. The molecule has 5 heteroatoms. The van der Waals surface area contributed by atoms with Crippen molar-refractivity contribution in [3.8, 4) is 0 Å². The van der Waals surface area contributed by atoms with Crippen LogP contribution < -0.4 is 5.32 Å². The molecular formula is C16H14N2O3. The van der Waals surface area contributed by atoms with Gasteiger partial charge in [0.25, 0.3) is 5.69 Å². The fourth-order valence-electron chi connectivity index (χ4n) is 2.81. The second kappa shape index (κ2) is 5.01. The third kappa shape index (κ3) is 2.38. The van der Waals surface area contributed by atoms with Crippen LogP contribution in [0.5, 0.6) is 0 Å². The first-order valence-corrected chi connectivity index (χ1v) is 6.70. The van der Waals surface area contributed by atoms with Gasteiger partial charge in [0.1, 0.15) is 0 Å². The quantitative estimate of drug-likeness (QED) is 0.678. The summed E-state index contributed by atoms with van der Waals surface area (Å²) in [6, 6.07) is 12.4. The van der Waals surface area contributed by atoms with E-state index in [1.54, 1.807) is 18.2 Å². The average Bonchev–Trinajstić information content (AvgIpc) is 2.47. The monoisotopic (exact) mass is 282 g/mol. The number of hydrogen-bond acceptors (Lipinski definition) is 3. The van der Waals surface area contributed by atoms with Gasteiger partial charge in [-0.3, -0.25) is 14.9 Å². The first-order valence-electron chi connectivity index (χ1n) is 6.70.